The van der Waals surface area contributed by atoms with Crippen LogP contribution in [0, 0.1) is 6.92 Å². The van der Waals surface area contributed by atoms with Crippen molar-refractivity contribution < 1.29 is 5.11 Å². The van der Waals surface area contributed by atoms with Gasteiger partial charge in [0, 0.05) is 13.1 Å². The Kier molecular flexibility index (Phi) is 3.10. The third kappa shape index (κ3) is 2.70. The Morgan fingerprint density at radius 2 is 2.19 bits per heavy atom. The van der Waals surface area contributed by atoms with Crippen molar-refractivity contribution in [1.82, 2.24) is 10.2 Å². The monoisotopic (exact) mass is 221 g/mol. The highest BCUT2D eigenvalue weighted by Crippen LogP contribution is 2.24. The first-order valence-corrected chi connectivity index (χ1v) is 5.83. The van der Waals surface area contributed by atoms with Gasteiger partial charge < -0.3 is 10.0 Å². The molecule has 1 aliphatic rings. The Morgan fingerprint density at radius 1 is 1.38 bits per heavy atom. The first-order valence-electron chi connectivity index (χ1n) is 5.83. The quantitative estimate of drug-likeness (QED) is 0.781. The van der Waals surface area contributed by atoms with Gasteiger partial charge in [0.2, 0.25) is 0 Å². The van der Waals surface area contributed by atoms with Crippen LogP contribution >= 0.6 is 0 Å². The summed E-state index contributed by atoms with van der Waals surface area (Å²) in [6, 6.07) is 2.05. The molecule has 1 atom stereocenters. The lowest BCUT2D eigenvalue weighted by molar-refractivity contribution is 0.0481. The number of hydrogen-bond acceptors (Lipinski definition) is 4. The molecule has 88 valence electrons. The van der Waals surface area contributed by atoms with Crippen LogP contribution in [-0.2, 0) is 0 Å². The standard InChI is InChI=1S/C12H19N3O/c1-10-8-11(14-13-9-10)15-6-3-4-12(2,16)5-7-15/h8-9,16H,3-7H2,1-2H3. The van der Waals surface area contributed by atoms with Gasteiger partial charge in [-0.05, 0) is 44.7 Å². The SMILES string of the molecule is Cc1cnnc(N2CCCC(C)(O)CC2)c1. The molecule has 0 saturated carbocycles. The van der Waals surface area contributed by atoms with E-state index in [2.05, 4.69) is 15.1 Å². The summed E-state index contributed by atoms with van der Waals surface area (Å²) < 4.78 is 0. The molecule has 1 aliphatic heterocycles. The molecule has 2 rings (SSSR count). The van der Waals surface area contributed by atoms with Crippen molar-refractivity contribution in [2.24, 2.45) is 0 Å². The molecule has 0 spiro atoms. The summed E-state index contributed by atoms with van der Waals surface area (Å²) in [6.45, 7) is 5.74. The molecular weight excluding hydrogens is 202 g/mol. The van der Waals surface area contributed by atoms with Crippen LogP contribution in [0.3, 0.4) is 0 Å². The van der Waals surface area contributed by atoms with Crippen molar-refractivity contribution in [3.63, 3.8) is 0 Å². The number of rotatable bonds is 1. The van der Waals surface area contributed by atoms with Crippen LogP contribution in [0.25, 0.3) is 0 Å². The molecule has 0 bridgehead atoms. The minimum absolute atomic E-state index is 0.522. The summed E-state index contributed by atoms with van der Waals surface area (Å²) in [4.78, 5) is 2.21. The van der Waals surface area contributed by atoms with Gasteiger partial charge in [0.15, 0.2) is 5.82 Å². The van der Waals surface area contributed by atoms with Gasteiger partial charge in [0.1, 0.15) is 0 Å². The highest BCUT2D eigenvalue weighted by atomic mass is 16.3. The van der Waals surface area contributed by atoms with E-state index >= 15 is 0 Å². The fourth-order valence-electron chi connectivity index (χ4n) is 2.10. The van der Waals surface area contributed by atoms with Crippen molar-refractivity contribution in [2.45, 2.75) is 38.7 Å². The maximum atomic E-state index is 10.0. The van der Waals surface area contributed by atoms with Gasteiger partial charge in [-0.2, -0.15) is 5.10 Å². The summed E-state index contributed by atoms with van der Waals surface area (Å²) in [6.07, 6.45) is 4.42. The molecule has 4 nitrogen and oxygen atoms in total. The molecule has 2 heterocycles. The molecule has 1 fully saturated rings. The Hall–Kier alpha value is -1.16. The second-order valence-corrected chi connectivity index (χ2v) is 4.93. The molecule has 1 N–H and O–H groups in total. The number of aryl methyl sites for hydroxylation is 1. The average Bonchev–Trinajstić information content (AvgIpc) is 2.39. The zero-order chi connectivity index (χ0) is 11.6. The fourth-order valence-corrected chi connectivity index (χ4v) is 2.10. The van der Waals surface area contributed by atoms with Crippen LogP contribution in [0.1, 0.15) is 31.7 Å². The summed E-state index contributed by atoms with van der Waals surface area (Å²) in [7, 11) is 0. The third-order valence-corrected chi connectivity index (χ3v) is 3.17. The van der Waals surface area contributed by atoms with Gasteiger partial charge in [-0.25, -0.2) is 0 Å². The molecule has 0 aliphatic carbocycles. The first-order chi connectivity index (χ1) is 7.57. The van der Waals surface area contributed by atoms with Gasteiger partial charge in [0.25, 0.3) is 0 Å². The lowest BCUT2D eigenvalue weighted by Crippen LogP contribution is -2.28. The Bertz CT molecular complexity index is 365. The molecule has 16 heavy (non-hydrogen) atoms. The normalized spacial score (nSPS) is 26.6. The molecule has 1 unspecified atom stereocenters. The minimum atomic E-state index is -0.522. The summed E-state index contributed by atoms with van der Waals surface area (Å²) >= 11 is 0. The zero-order valence-electron chi connectivity index (χ0n) is 9.98. The Morgan fingerprint density at radius 3 is 2.94 bits per heavy atom. The predicted molar refractivity (Wildman–Crippen MR) is 63.5 cm³/mol. The minimum Gasteiger partial charge on any atom is -0.390 e. The molecule has 0 amide bonds. The highest BCUT2D eigenvalue weighted by Gasteiger charge is 2.25. The lowest BCUT2D eigenvalue weighted by atomic mass is 9.98. The number of nitrogens with zero attached hydrogens (tertiary/aromatic N) is 3. The second-order valence-electron chi connectivity index (χ2n) is 4.93. The summed E-state index contributed by atoms with van der Waals surface area (Å²) in [5.74, 6) is 0.928. The largest absolute Gasteiger partial charge is 0.390 e. The van der Waals surface area contributed by atoms with Gasteiger partial charge in [-0.15, -0.1) is 5.10 Å². The fraction of sp³-hybridized carbons (Fsp3) is 0.667. The van der Waals surface area contributed by atoms with Gasteiger partial charge in [0.05, 0.1) is 11.8 Å². The van der Waals surface area contributed by atoms with E-state index in [0.717, 1.165) is 43.7 Å². The van der Waals surface area contributed by atoms with Crippen molar-refractivity contribution in [1.29, 1.82) is 0 Å². The van der Waals surface area contributed by atoms with Crippen molar-refractivity contribution in [3.05, 3.63) is 17.8 Å². The maximum Gasteiger partial charge on any atom is 0.151 e. The molecule has 1 saturated heterocycles. The number of anilines is 1. The Labute approximate surface area is 96.3 Å². The van der Waals surface area contributed by atoms with Gasteiger partial charge in [-0.3, -0.25) is 0 Å². The maximum absolute atomic E-state index is 10.0. The molecular formula is C12H19N3O. The zero-order valence-corrected chi connectivity index (χ0v) is 9.98. The topological polar surface area (TPSA) is 49.2 Å². The lowest BCUT2D eigenvalue weighted by Gasteiger charge is -2.23. The highest BCUT2D eigenvalue weighted by molar-refractivity contribution is 5.39. The predicted octanol–water partition coefficient (Wildman–Crippen LogP) is 1.53. The number of hydrogen-bond donors (Lipinski definition) is 1. The molecule has 0 radical (unpaired) electrons. The van der Waals surface area contributed by atoms with E-state index in [0.29, 0.717) is 0 Å². The van der Waals surface area contributed by atoms with E-state index in [1.54, 1.807) is 6.20 Å². The van der Waals surface area contributed by atoms with Crippen LogP contribution in [0.2, 0.25) is 0 Å². The van der Waals surface area contributed by atoms with Gasteiger partial charge >= 0.3 is 0 Å². The molecule has 1 aromatic heterocycles. The first kappa shape index (κ1) is 11.3. The van der Waals surface area contributed by atoms with E-state index in [1.165, 1.54) is 0 Å². The molecule has 0 aromatic carbocycles. The smallest absolute Gasteiger partial charge is 0.151 e. The summed E-state index contributed by atoms with van der Waals surface area (Å²) in [5, 5.41) is 18.1. The van der Waals surface area contributed by atoms with E-state index < -0.39 is 5.60 Å². The van der Waals surface area contributed by atoms with Crippen LogP contribution in [0.15, 0.2) is 12.3 Å². The van der Waals surface area contributed by atoms with Crippen molar-refractivity contribution in [2.75, 3.05) is 18.0 Å². The van der Waals surface area contributed by atoms with E-state index in [-0.39, 0.29) is 0 Å². The van der Waals surface area contributed by atoms with Crippen LogP contribution in [0.5, 0.6) is 0 Å². The van der Waals surface area contributed by atoms with Crippen LogP contribution < -0.4 is 4.90 Å². The number of aromatic nitrogens is 2. The Balaban J connectivity index is 2.11. The number of aliphatic hydroxyl groups is 1. The molecule has 4 heteroatoms. The van der Waals surface area contributed by atoms with E-state index in [4.69, 9.17) is 0 Å². The summed E-state index contributed by atoms with van der Waals surface area (Å²) in [5.41, 5.74) is 0.604. The average molecular weight is 221 g/mol. The third-order valence-electron chi connectivity index (χ3n) is 3.17. The van der Waals surface area contributed by atoms with Gasteiger partial charge in [-0.1, -0.05) is 0 Å². The molecule has 1 aromatic rings. The van der Waals surface area contributed by atoms with Crippen molar-refractivity contribution in [3.8, 4) is 0 Å². The van der Waals surface area contributed by atoms with E-state index in [9.17, 15) is 5.11 Å². The van der Waals surface area contributed by atoms with Crippen LogP contribution in [-0.4, -0.2) is 34.0 Å². The second kappa shape index (κ2) is 4.37. The van der Waals surface area contributed by atoms with Crippen molar-refractivity contribution >= 4 is 5.82 Å². The van der Waals surface area contributed by atoms with E-state index in [1.807, 2.05) is 19.9 Å². The van der Waals surface area contributed by atoms with Crippen LogP contribution in [0.4, 0.5) is 5.82 Å².